The largest absolute Gasteiger partial charge is 0.310 e. The number of rotatable bonds is 2. The Balaban J connectivity index is 1.57. The predicted octanol–water partition coefficient (Wildman–Crippen LogP) is 3.61. The lowest BCUT2D eigenvalue weighted by Crippen LogP contribution is -2.38. The molecule has 2 aliphatic heterocycles. The van der Waals surface area contributed by atoms with Crippen molar-refractivity contribution in [2.75, 3.05) is 26.7 Å². The third kappa shape index (κ3) is 3.22. The van der Waals surface area contributed by atoms with Gasteiger partial charge in [-0.3, -0.25) is 4.68 Å². The van der Waals surface area contributed by atoms with E-state index < -0.39 is 0 Å². The highest BCUT2D eigenvalue weighted by Gasteiger charge is 2.25. The Morgan fingerprint density at radius 1 is 1.12 bits per heavy atom. The number of benzene rings is 1. The topological polar surface area (TPSA) is 33.1 Å². The average molecular weight is 326 g/mol. The van der Waals surface area contributed by atoms with Gasteiger partial charge in [0.25, 0.3) is 0 Å². The van der Waals surface area contributed by atoms with E-state index in [1.807, 2.05) is 0 Å². The van der Waals surface area contributed by atoms with E-state index in [2.05, 4.69) is 60.2 Å². The molecule has 0 amide bonds. The summed E-state index contributed by atoms with van der Waals surface area (Å²) in [5, 5.41) is 9.90. The highest BCUT2D eigenvalue weighted by atomic mass is 15.3. The van der Waals surface area contributed by atoms with Gasteiger partial charge >= 0.3 is 0 Å². The van der Waals surface area contributed by atoms with Crippen LogP contribution in [0.5, 0.6) is 0 Å². The molecule has 2 unspecified atom stereocenters. The highest BCUT2D eigenvalue weighted by molar-refractivity contribution is 5.78. The molecule has 4 rings (SSSR count). The molecule has 3 heterocycles. The summed E-state index contributed by atoms with van der Waals surface area (Å²) in [6.45, 7) is 8.11. The molecule has 4 heteroatoms. The second-order valence-corrected chi connectivity index (χ2v) is 8.29. The van der Waals surface area contributed by atoms with Crippen LogP contribution in [-0.2, 0) is 0 Å². The van der Waals surface area contributed by atoms with E-state index in [1.165, 1.54) is 36.8 Å². The minimum Gasteiger partial charge on any atom is -0.310 e. The van der Waals surface area contributed by atoms with Gasteiger partial charge in [-0.25, -0.2) is 0 Å². The van der Waals surface area contributed by atoms with Gasteiger partial charge < -0.3 is 10.2 Å². The average Bonchev–Trinajstić information content (AvgIpc) is 2.98. The van der Waals surface area contributed by atoms with E-state index in [0.717, 1.165) is 30.4 Å². The van der Waals surface area contributed by atoms with Crippen molar-refractivity contribution in [2.45, 2.75) is 45.2 Å². The molecule has 2 aliphatic rings. The van der Waals surface area contributed by atoms with Gasteiger partial charge in [-0.15, -0.1) is 0 Å². The van der Waals surface area contributed by atoms with Gasteiger partial charge in [0, 0.05) is 30.7 Å². The van der Waals surface area contributed by atoms with Gasteiger partial charge in [0.05, 0.1) is 11.6 Å². The molecular formula is C20H30N4. The molecule has 1 aromatic heterocycles. The first kappa shape index (κ1) is 16.1. The molecular weight excluding hydrogens is 296 g/mol. The van der Waals surface area contributed by atoms with E-state index in [9.17, 15) is 0 Å². The zero-order valence-electron chi connectivity index (χ0n) is 15.2. The predicted molar refractivity (Wildman–Crippen MR) is 99.2 cm³/mol. The van der Waals surface area contributed by atoms with Crippen LogP contribution in [0.4, 0.5) is 0 Å². The zero-order valence-corrected chi connectivity index (χ0v) is 15.2. The maximum atomic E-state index is 4.94. The van der Waals surface area contributed by atoms with Gasteiger partial charge in [0.1, 0.15) is 0 Å². The summed E-state index contributed by atoms with van der Waals surface area (Å²) < 4.78 is 2.22. The number of nitrogens with one attached hydrogen (secondary N) is 1. The number of fused-ring (bicyclic) bond motifs is 1. The fraction of sp³-hybridized carbons (Fsp3) is 0.650. The minimum absolute atomic E-state index is 0.497. The van der Waals surface area contributed by atoms with Crippen LogP contribution in [0, 0.1) is 11.8 Å². The van der Waals surface area contributed by atoms with Crippen LogP contribution in [0.25, 0.3) is 10.9 Å². The van der Waals surface area contributed by atoms with E-state index in [0.29, 0.717) is 12.1 Å². The fourth-order valence-electron chi connectivity index (χ4n) is 4.51. The lowest BCUT2D eigenvalue weighted by atomic mass is 9.92. The van der Waals surface area contributed by atoms with Crippen molar-refractivity contribution in [3.63, 3.8) is 0 Å². The molecule has 1 aromatic carbocycles. The van der Waals surface area contributed by atoms with Crippen molar-refractivity contribution < 1.29 is 0 Å². The molecule has 24 heavy (non-hydrogen) atoms. The third-order valence-corrected chi connectivity index (χ3v) is 5.81. The van der Waals surface area contributed by atoms with Gasteiger partial charge in [-0.1, -0.05) is 26.0 Å². The smallest absolute Gasteiger partial charge is 0.0926 e. The number of hydrogen-bond donors (Lipinski definition) is 1. The number of likely N-dealkylation sites (N-methyl/N-ethyl adjacent to an activating group) is 1. The van der Waals surface area contributed by atoms with Crippen LogP contribution in [0.15, 0.2) is 24.4 Å². The van der Waals surface area contributed by atoms with Crippen LogP contribution in [0.3, 0.4) is 0 Å². The van der Waals surface area contributed by atoms with Crippen molar-refractivity contribution in [3.8, 4) is 0 Å². The molecule has 1 N–H and O–H groups in total. The Morgan fingerprint density at radius 3 is 2.75 bits per heavy atom. The first-order chi connectivity index (χ1) is 11.6. The molecule has 0 aliphatic carbocycles. The molecule has 2 fully saturated rings. The van der Waals surface area contributed by atoms with Gasteiger partial charge in [-0.2, -0.15) is 5.10 Å². The molecule has 0 bridgehead atoms. The number of aromatic nitrogens is 2. The highest BCUT2D eigenvalue weighted by Crippen LogP contribution is 2.29. The summed E-state index contributed by atoms with van der Waals surface area (Å²) in [5.74, 6) is 1.54. The first-order valence-corrected chi connectivity index (χ1v) is 9.49. The molecule has 4 nitrogen and oxygen atoms in total. The van der Waals surface area contributed by atoms with Crippen molar-refractivity contribution in [1.29, 1.82) is 0 Å². The Morgan fingerprint density at radius 2 is 2.00 bits per heavy atom. The molecule has 2 saturated heterocycles. The lowest BCUT2D eigenvalue weighted by Gasteiger charge is -2.34. The maximum Gasteiger partial charge on any atom is 0.0926 e. The monoisotopic (exact) mass is 326 g/mol. The Labute approximate surface area is 145 Å². The van der Waals surface area contributed by atoms with E-state index in [4.69, 9.17) is 5.10 Å². The summed E-state index contributed by atoms with van der Waals surface area (Å²) >= 11 is 0. The summed E-state index contributed by atoms with van der Waals surface area (Å²) in [4.78, 5) is 2.43. The number of piperidine rings is 2. The molecule has 4 atom stereocenters. The SMILES string of the molecule is CC1CC(n2cc3ccc([C@H]4CC[C@H](C)CN4)cc3n2)CN(C)C1. The van der Waals surface area contributed by atoms with Gasteiger partial charge in [0.2, 0.25) is 0 Å². The Bertz CT molecular complexity index is 689. The van der Waals surface area contributed by atoms with Crippen LogP contribution in [0.2, 0.25) is 0 Å². The van der Waals surface area contributed by atoms with Crippen LogP contribution in [0.1, 0.15) is 50.8 Å². The van der Waals surface area contributed by atoms with E-state index in [1.54, 1.807) is 0 Å². The van der Waals surface area contributed by atoms with E-state index in [-0.39, 0.29) is 0 Å². The minimum atomic E-state index is 0.497. The van der Waals surface area contributed by atoms with Crippen molar-refractivity contribution in [1.82, 2.24) is 20.0 Å². The maximum absolute atomic E-state index is 4.94. The third-order valence-electron chi connectivity index (χ3n) is 5.81. The van der Waals surface area contributed by atoms with E-state index >= 15 is 0 Å². The standard InChI is InChI=1S/C20H30N4/c1-14-4-7-19(21-10-14)16-5-6-17-12-24(22-20(17)9-16)18-8-15(2)11-23(3)13-18/h5-6,9,12,14-15,18-19,21H,4,7-8,10-11,13H2,1-3H3/t14-,15?,18?,19+/m0/s1. The molecule has 0 radical (unpaired) electrons. The quantitative estimate of drug-likeness (QED) is 0.915. The molecule has 2 aromatic rings. The number of hydrogen-bond acceptors (Lipinski definition) is 3. The molecule has 0 spiro atoms. The van der Waals surface area contributed by atoms with Gasteiger partial charge in [-0.05, 0) is 56.3 Å². The van der Waals surface area contributed by atoms with Crippen LogP contribution < -0.4 is 5.32 Å². The number of nitrogens with zero attached hydrogens (tertiary/aromatic N) is 3. The second kappa shape index (κ2) is 6.49. The fourth-order valence-corrected chi connectivity index (χ4v) is 4.51. The summed E-state index contributed by atoms with van der Waals surface area (Å²) in [5.41, 5.74) is 2.54. The lowest BCUT2D eigenvalue weighted by molar-refractivity contribution is 0.157. The summed E-state index contributed by atoms with van der Waals surface area (Å²) in [6.07, 6.45) is 6.02. The second-order valence-electron chi connectivity index (χ2n) is 8.29. The summed E-state index contributed by atoms with van der Waals surface area (Å²) in [7, 11) is 2.22. The van der Waals surface area contributed by atoms with Crippen molar-refractivity contribution >= 4 is 10.9 Å². The Kier molecular flexibility index (Phi) is 4.35. The molecule has 130 valence electrons. The molecule has 0 saturated carbocycles. The normalized spacial score (nSPS) is 32.3. The Hall–Kier alpha value is -1.39. The van der Waals surface area contributed by atoms with Gasteiger partial charge in [0.15, 0.2) is 0 Å². The first-order valence-electron chi connectivity index (χ1n) is 9.49. The van der Waals surface area contributed by atoms with Crippen molar-refractivity contribution in [2.24, 2.45) is 11.8 Å². The zero-order chi connectivity index (χ0) is 16.7. The van der Waals surface area contributed by atoms with Crippen LogP contribution in [-0.4, -0.2) is 41.4 Å². The number of likely N-dealkylation sites (tertiary alicyclic amines) is 1. The summed E-state index contributed by atoms with van der Waals surface area (Å²) in [6, 6.07) is 7.84. The van der Waals surface area contributed by atoms with Crippen molar-refractivity contribution in [3.05, 3.63) is 30.0 Å². The van der Waals surface area contributed by atoms with Crippen LogP contribution >= 0.6 is 0 Å².